The van der Waals surface area contributed by atoms with Crippen molar-refractivity contribution in [2.45, 2.75) is 32.2 Å². The van der Waals surface area contributed by atoms with Gasteiger partial charge in [-0.3, -0.25) is 14.9 Å². The Kier molecular flexibility index (Phi) is 3.78. The number of amides is 1. The largest absolute Gasteiger partial charge is 0.349 e. The Bertz CT molecular complexity index is 519. The van der Waals surface area contributed by atoms with E-state index in [1.165, 1.54) is 0 Å². The van der Waals surface area contributed by atoms with Gasteiger partial charge in [-0.15, -0.1) is 0 Å². The highest BCUT2D eigenvalue weighted by Crippen LogP contribution is 2.25. The molecule has 2 atom stereocenters. The van der Waals surface area contributed by atoms with E-state index in [1.54, 1.807) is 0 Å². The summed E-state index contributed by atoms with van der Waals surface area (Å²) in [6.45, 7) is 2.11. The van der Waals surface area contributed by atoms with E-state index >= 15 is 0 Å². The Morgan fingerprint density at radius 3 is 2.74 bits per heavy atom. The lowest BCUT2D eigenvalue weighted by atomic mass is 10.1. The fraction of sp³-hybridized carbons (Fsp3) is 0.462. The Labute approximate surface area is 110 Å². The van der Waals surface area contributed by atoms with Crippen LogP contribution in [0, 0.1) is 21.8 Å². The molecule has 0 saturated heterocycles. The third-order valence-electron chi connectivity index (χ3n) is 3.44. The van der Waals surface area contributed by atoms with Gasteiger partial charge in [0.15, 0.2) is 0 Å². The maximum atomic E-state index is 13.6. The first-order valence-corrected chi connectivity index (χ1v) is 6.22. The maximum Gasteiger partial charge on any atom is 0.272 e. The number of carbonyl (C=O) groups excluding carboxylic acids is 1. The number of nitrogens with one attached hydrogen (secondary N) is 1. The topological polar surface area (TPSA) is 72.2 Å². The van der Waals surface area contributed by atoms with E-state index in [0.717, 1.165) is 37.5 Å². The summed E-state index contributed by atoms with van der Waals surface area (Å²) in [6.07, 6.45) is 2.83. The van der Waals surface area contributed by atoms with Crippen molar-refractivity contribution in [3.63, 3.8) is 0 Å². The first kappa shape index (κ1) is 13.5. The molecule has 2 unspecified atom stereocenters. The van der Waals surface area contributed by atoms with Crippen molar-refractivity contribution in [1.29, 1.82) is 0 Å². The highest BCUT2D eigenvalue weighted by Gasteiger charge is 2.24. The van der Waals surface area contributed by atoms with Crippen molar-refractivity contribution in [1.82, 2.24) is 5.32 Å². The number of non-ortho nitro benzene ring substituents is 1. The van der Waals surface area contributed by atoms with Crippen molar-refractivity contribution in [3.8, 4) is 0 Å². The minimum absolute atomic E-state index is 0.0668. The van der Waals surface area contributed by atoms with E-state index in [0.29, 0.717) is 5.92 Å². The monoisotopic (exact) mass is 266 g/mol. The fourth-order valence-corrected chi connectivity index (χ4v) is 2.40. The molecule has 1 fully saturated rings. The molecule has 5 nitrogen and oxygen atoms in total. The molecule has 1 aromatic rings. The van der Waals surface area contributed by atoms with E-state index < -0.39 is 16.6 Å². The molecule has 6 heteroatoms. The van der Waals surface area contributed by atoms with Gasteiger partial charge in [0.05, 0.1) is 16.6 Å². The second kappa shape index (κ2) is 5.34. The van der Waals surface area contributed by atoms with Gasteiger partial charge in [0, 0.05) is 12.1 Å². The van der Waals surface area contributed by atoms with Crippen LogP contribution in [0.3, 0.4) is 0 Å². The van der Waals surface area contributed by atoms with Crippen LogP contribution in [-0.2, 0) is 0 Å². The number of hydrogen-bond donors (Lipinski definition) is 1. The number of halogens is 1. The smallest absolute Gasteiger partial charge is 0.272 e. The Balaban J connectivity index is 2.09. The van der Waals surface area contributed by atoms with Gasteiger partial charge in [-0.2, -0.15) is 0 Å². The van der Waals surface area contributed by atoms with Crippen LogP contribution < -0.4 is 5.32 Å². The third-order valence-corrected chi connectivity index (χ3v) is 3.44. The number of hydrogen-bond acceptors (Lipinski definition) is 3. The Hall–Kier alpha value is -1.98. The van der Waals surface area contributed by atoms with Crippen LogP contribution in [0.15, 0.2) is 18.2 Å². The molecule has 2 rings (SSSR count). The quantitative estimate of drug-likeness (QED) is 0.675. The van der Waals surface area contributed by atoms with E-state index in [9.17, 15) is 19.3 Å². The molecule has 1 saturated carbocycles. The first-order valence-electron chi connectivity index (χ1n) is 6.22. The van der Waals surface area contributed by atoms with E-state index in [1.807, 2.05) is 0 Å². The molecular formula is C13H15FN2O3. The lowest BCUT2D eigenvalue weighted by Gasteiger charge is -2.12. The van der Waals surface area contributed by atoms with Gasteiger partial charge < -0.3 is 5.32 Å². The minimum atomic E-state index is -0.863. The zero-order valence-electron chi connectivity index (χ0n) is 10.6. The number of carbonyl (C=O) groups is 1. The Morgan fingerprint density at radius 2 is 2.21 bits per heavy atom. The van der Waals surface area contributed by atoms with Crippen LogP contribution >= 0.6 is 0 Å². The zero-order valence-corrected chi connectivity index (χ0v) is 10.6. The molecule has 1 aliphatic carbocycles. The van der Waals surface area contributed by atoms with Gasteiger partial charge >= 0.3 is 0 Å². The van der Waals surface area contributed by atoms with Crippen LogP contribution in [0.2, 0.25) is 0 Å². The summed E-state index contributed by atoms with van der Waals surface area (Å²) in [6, 6.07) is 3.12. The molecule has 102 valence electrons. The molecule has 0 spiro atoms. The van der Waals surface area contributed by atoms with Crippen molar-refractivity contribution < 1.29 is 14.1 Å². The number of nitro groups is 1. The summed E-state index contributed by atoms with van der Waals surface area (Å²) in [5, 5.41) is 13.3. The van der Waals surface area contributed by atoms with Gasteiger partial charge in [-0.1, -0.05) is 6.92 Å². The molecule has 1 aromatic carbocycles. The molecule has 0 bridgehead atoms. The average molecular weight is 266 g/mol. The lowest BCUT2D eigenvalue weighted by molar-refractivity contribution is -0.385. The van der Waals surface area contributed by atoms with E-state index in [2.05, 4.69) is 12.2 Å². The van der Waals surface area contributed by atoms with Gasteiger partial charge in [-0.25, -0.2) is 4.39 Å². The molecule has 1 aliphatic rings. The highest BCUT2D eigenvalue weighted by molar-refractivity contribution is 5.94. The number of rotatable bonds is 3. The van der Waals surface area contributed by atoms with Crippen molar-refractivity contribution in [2.75, 3.05) is 0 Å². The number of benzene rings is 1. The summed E-state index contributed by atoms with van der Waals surface area (Å²) in [7, 11) is 0. The standard InChI is InChI=1S/C13H15FN2O3/c1-8-2-3-9(6-8)15-13(17)11-5-4-10(16(18)19)7-12(11)14/h4-5,7-9H,2-3,6H2,1H3,(H,15,17). The summed E-state index contributed by atoms with van der Waals surface area (Å²) >= 11 is 0. The molecule has 0 aliphatic heterocycles. The molecule has 0 heterocycles. The van der Waals surface area contributed by atoms with Gasteiger partial charge in [0.25, 0.3) is 11.6 Å². The molecule has 0 aromatic heterocycles. The van der Waals surface area contributed by atoms with Crippen LogP contribution in [-0.4, -0.2) is 16.9 Å². The van der Waals surface area contributed by atoms with Gasteiger partial charge in [0.2, 0.25) is 0 Å². The lowest BCUT2D eigenvalue weighted by Crippen LogP contribution is -2.33. The number of nitro benzene ring substituents is 1. The summed E-state index contributed by atoms with van der Waals surface area (Å²) in [4.78, 5) is 21.7. The summed E-state index contributed by atoms with van der Waals surface area (Å²) < 4.78 is 13.6. The molecule has 19 heavy (non-hydrogen) atoms. The van der Waals surface area contributed by atoms with Crippen molar-refractivity contribution >= 4 is 11.6 Å². The SMILES string of the molecule is CC1CCC(NC(=O)c2ccc([N+](=O)[O-])cc2F)C1. The van der Waals surface area contributed by atoms with E-state index in [-0.39, 0.29) is 17.3 Å². The van der Waals surface area contributed by atoms with E-state index in [4.69, 9.17) is 0 Å². The van der Waals surface area contributed by atoms with Crippen LogP contribution in [0.5, 0.6) is 0 Å². The molecular weight excluding hydrogens is 251 g/mol. The fourth-order valence-electron chi connectivity index (χ4n) is 2.40. The average Bonchev–Trinajstić information content (AvgIpc) is 2.74. The second-order valence-corrected chi connectivity index (χ2v) is 5.01. The minimum Gasteiger partial charge on any atom is -0.349 e. The highest BCUT2D eigenvalue weighted by atomic mass is 19.1. The second-order valence-electron chi connectivity index (χ2n) is 5.01. The summed E-state index contributed by atoms with van der Waals surface area (Å²) in [5.41, 5.74) is -0.506. The predicted molar refractivity (Wildman–Crippen MR) is 67.3 cm³/mol. The molecule has 1 N–H and O–H groups in total. The zero-order chi connectivity index (χ0) is 14.0. The van der Waals surface area contributed by atoms with Crippen molar-refractivity contribution in [3.05, 3.63) is 39.7 Å². The van der Waals surface area contributed by atoms with Gasteiger partial charge in [-0.05, 0) is 31.2 Å². The first-order chi connectivity index (χ1) is 8.97. The number of nitrogens with zero attached hydrogens (tertiary/aromatic N) is 1. The van der Waals surface area contributed by atoms with Crippen LogP contribution in [0.4, 0.5) is 10.1 Å². The van der Waals surface area contributed by atoms with Gasteiger partial charge in [0.1, 0.15) is 5.82 Å². The summed E-state index contributed by atoms with van der Waals surface area (Å²) in [5.74, 6) is -0.809. The Morgan fingerprint density at radius 1 is 1.47 bits per heavy atom. The molecule has 1 amide bonds. The third kappa shape index (κ3) is 3.07. The predicted octanol–water partition coefficient (Wildman–Crippen LogP) is 2.65. The van der Waals surface area contributed by atoms with Crippen LogP contribution in [0.25, 0.3) is 0 Å². The maximum absolute atomic E-state index is 13.6. The normalized spacial score (nSPS) is 22.2. The molecule has 0 radical (unpaired) electrons. The van der Waals surface area contributed by atoms with Crippen molar-refractivity contribution in [2.24, 2.45) is 5.92 Å². The van der Waals surface area contributed by atoms with Crippen LogP contribution in [0.1, 0.15) is 36.5 Å².